The second-order valence-corrected chi connectivity index (χ2v) is 7.47. The van der Waals surface area contributed by atoms with Crippen LogP contribution < -0.4 is 30.7 Å². The summed E-state index contributed by atoms with van der Waals surface area (Å²) in [5, 5.41) is 12.3. The van der Waals surface area contributed by atoms with E-state index in [0.717, 1.165) is 41.2 Å². The fourth-order valence-electron chi connectivity index (χ4n) is 3.59. The van der Waals surface area contributed by atoms with Gasteiger partial charge in [0.05, 0.1) is 20.6 Å². The number of carbonyl (C=O) groups excluding carboxylic acids is 1. The van der Waals surface area contributed by atoms with Gasteiger partial charge in [-0.05, 0) is 42.3 Å². The SMILES string of the molecule is COc1cc2c(cc1OC)C(NCCc1ccc(NC(=O)Nc3ccccc3)cc1)N=CN2. The van der Waals surface area contributed by atoms with Crippen LogP contribution in [0.5, 0.6) is 11.5 Å². The number of anilines is 3. The lowest BCUT2D eigenvalue weighted by Crippen LogP contribution is -2.26. The standard InChI is InChI=1S/C25H27N5O3/c1-32-22-14-20-21(15-23(22)33-2)27-16-28-24(20)26-13-12-17-8-10-19(11-9-17)30-25(31)29-18-6-4-3-5-7-18/h3-11,14-16,24,26H,12-13H2,1-2H3,(H,27,28)(H2,29,30,31). The van der Waals surface area contributed by atoms with Gasteiger partial charge in [-0.25, -0.2) is 4.79 Å². The Hall–Kier alpha value is -4.04. The van der Waals surface area contributed by atoms with Crippen molar-refractivity contribution < 1.29 is 14.3 Å². The minimum absolute atomic E-state index is 0.177. The van der Waals surface area contributed by atoms with Crippen LogP contribution in [-0.2, 0) is 6.42 Å². The summed E-state index contributed by atoms with van der Waals surface area (Å²) in [6.07, 6.45) is 2.33. The van der Waals surface area contributed by atoms with Crippen molar-refractivity contribution in [3.8, 4) is 11.5 Å². The van der Waals surface area contributed by atoms with Crippen molar-refractivity contribution in [3.05, 3.63) is 77.9 Å². The first-order valence-corrected chi connectivity index (χ1v) is 10.7. The maximum atomic E-state index is 12.1. The molecule has 1 aliphatic heterocycles. The van der Waals surface area contributed by atoms with Gasteiger partial charge in [0.2, 0.25) is 0 Å². The second-order valence-electron chi connectivity index (χ2n) is 7.47. The summed E-state index contributed by atoms with van der Waals surface area (Å²) >= 11 is 0. The Morgan fingerprint density at radius 3 is 2.30 bits per heavy atom. The van der Waals surface area contributed by atoms with Gasteiger partial charge >= 0.3 is 6.03 Å². The van der Waals surface area contributed by atoms with Crippen LogP contribution in [0, 0.1) is 0 Å². The molecule has 0 aromatic heterocycles. The fourth-order valence-corrected chi connectivity index (χ4v) is 3.59. The van der Waals surface area contributed by atoms with Gasteiger partial charge in [0, 0.05) is 35.2 Å². The van der Waals surface area contributed by atoms with E-state index in [1.165, 1.54) is 0 Å². The number of carbonyl (C=O) groups is 1. The van der Waals surface area contributed by atoms with Crippen molar-refractivity contribution in [1.29, 1.82) is 0 Å². The number of methoxy groups -OCH3 is 2. The van der Waals surface area contributed by atoms with Crippen LogP contribution in [0.2, 0.25) is 0 Å². The minimum atomic E-state index is -0.273. The summed E-state index contributed by atoms with van der Waals surface area (Å²) in [4.78, 5) is 16.6. The Morgan fingerprint density at radius 1 is 0.939 bits per heavy atom. The third-order valence-corrected chi connectivity index (χ3v) is 5.29. The van der Waals surface area contributed by atoms with Gasteiger partial charge < -0.3 is 25.4 Å². The van der Waals surface area contributed by atoms with E-state index in [1.54, 1.807) is 20.6 Å². The van der Waals surface area contributed by atoms with Crippen LogP contribution in [0.15, 0.2) is 71.7 Å². The molecule has 8 nitrogen and oxygen atoms in total. The smallest absolute Gasteiger partial charge is 0.323 e. The number of benzene rings is 3. The van der Waals surface area contributed by atoms with Gasteiger partial charge in [0.1, 0.15) is 6.17 Å². The molecule has 1 atom stereocenters. The molecule has 1 heterocycles. The zero-order chi connectivity index (χ0) is 23.0. The van der Waals surface area contributed by atoms with Crippen LogP contribution in [-0.4, -0.2) is 33.1 Å². The molecule has 0 spiro atoms. The van der Waals surface area contributed by atoms with Crippen molar-refractivity contribution in [2.24, 2.45) is 4.99 Å². The first-order chi connectivity index (χ1) is 16.2. The third-order valence-electron chi connectivity index (χ3n) is 5.29. The quantitative estimate of drug-likeness (QED) is 0.405. The molecular formula is C25H27N5O3. The van der Waals surface area contributed by atoms with Crippen molar-refractivity contribution >= 4 is 29.4 Å². The highest BCUT2D eigenvalue weighted by molar-refractivity contribution is 5.99. The zero-order valence-electron chi connectivity index (χ0n) is 18.6. The average molecular weight is 446 g/mol. The molecule has 0 fully saturated rings. The molecule has 33 heavy (non-hydrogen) atoms. The van der Waals surface area contributed by atoms with Crippen LogP contribution in [0.1, 0.15) is 17.3 Å². The molecule has 1 aliphatic rings. The highest BCUT2D eigenvalue weighted by atomic mass is 16.5. The minimum Gasteiger partial charge on any atom is -0.493 e. The zero-order valence-corrected chi connectivity index (χ0v) is 18.6. The van der Waals surface area contributed by atoms with Gasteiger partial charge in [-0.2, -0.15) is 0 Å². The molecule has 4 rings (SSSR count). The van der Waals surface area contributed by atoms with E-state index < -0.39 is 0 Å². The Morgan fingerprint density at radius 2 is 1.61 bits per heavy atom. The number of rotatable bonds is 8. The molecule has 170 valence electrons. The second kappa shape index (κ2) is 10.5. The molecule has 1 unspecified atom stereocenters. The van der Waals surface area contributed by atoms with Gasteiger partial charge in [-0.3, -0.25) is 10.3 Å². The molecule has 8 heteroatoms. The number of aliphatic imine (C=N–C) groups is 1. The van der Waals surface area contributed by atoms with E-state index in [0.29, 0.717) is 11.5 Å². The molecule has 4 N–H and O–H groups in total. The van der Waals surface area contributed by atoms with E-state index >= 15 is 0 Å². The molecule has 0 aliphatic carbocycles. The number of amides is 2. The number of nitrogens with zero attached hydrogens (tertiary/aromatic N) is 1. The number of hydrogen-bond acceptors (Lipinski definition) is 6. The summed E-state index contributed by atoms with van der Waals surface area (Å²) in [6, 6.07) is 20.7. The van der Waals surface area contributed by atoms with Crippen LogP contribution >= 0.6 is 0 Å². The van der Waals surface area contributed by atoms with E-state index in [9.17, 15) is 4.79 Å². The Kier molecular flexibility index (Phi) is 7.06. The van der Waals surface area contributed by atoms with Gasteiger partial charge in [0.15, 0.2) is 11.5 Å². The summed E-state index contributed by atoms with van der Waals surface area (Å²) in [5.74, 6) is 1.34. The van der Waals surface area contributed by atoms with Crippen molar-refractivity contribution in [2.75, 3.05) is 36.7 Å². The van der Waals surface area contributed by atoms with Gasteiger partial charge in [0.25, 0.3) is 0 Å². The lowest BCUT2D eigenvalue weighted by Gasteiger charge is -2.24. The number of urea groups is 1. The Labute approximate surface area is 193 Å². The first kappa shape index (κ1) is 22.2. The highest BCUT2D eigenvalue weighted by Gasteiger charge is 2.20. The predicted molar refractivity (Wildman–Crippen MR) is 132 cm³/mol. The van der Waals surface area contributed by atoms with Crippen LogP contribution in [0.4, 0.5) is 21.9 Å². The summed E-state index contributed by atoms with van der Waals surface area (Å²) in [6.45, 7) is 0.733. The molecule has 0 bridgehead atoms. The number of para-hydroxylation sites is 1. The number of nitrogens with one attached hydrogen (secondary N) is 4. The van der Waals surface area contributed by atoms with Crippen LogP contribution in [0.25, 0.3) is 0 Å². The van der Waals surface area contributed by atoms with Crippen molar-refractivity contribution in [1.82, 2.24) is 5.32 Å². The monoisotopic (exact) mass is 445 g/mol. The van der Waals surface area contributed by atoms with Crippen molar-refractivity contribution in [2.45, 2.75) is 12.6 Å². The molecule has 0 saturated heterocycles. The molecule has 0 radical (unpaired) electrons. The average Bonchev–Trinajstić information content (AvgIpc) is 2.85. The molecule has 2 amide bonds. The normalized spacial score (nSPS) is 14.1. The lowest BCUT2D eigenvalue weighted by molar-refractivity contribution is 0.262. The summed E-state index contributed by atoms with van der Waals surface area (Å²) < 4.78 is 10.8. The highest BCUT2D eigenvalue weighted by Crippen LogP contribution is 2.37. The van der Waals surface area contributed by atoms with E-state index in [1.807, 2.05) is 66.7 Å². The predicted octanol–water partition coefficient (Wildman–Crippen LogP) is 4.63. The van der Waals surface area contributed by atoms with Gasteiger partial charge in [-0.15, -0.1) is 0 Å². The Balaban J connectivity index is 1.30. The molecule has 3 aromatic carbocycles. The molecule has 3 aromatic rings. The third kappa shape index (κ3) is 5.61. The number of fused-ring (bicyclic) bond motifs is 1. The largest absolute Gasteiger partial charge is 0.493 e. The Bertz CT molecular complexity index is 1120. The number of ether oxygens (including phenoxy) is 2. The topological polar surface area (TPSA) is 96.0 Å². The summed E-state index contributed by atoms with van der Waals surface area (Å²) in [7, 11) is 3.24. The molecular weight excluding hydrogens is 418 g/mol. The maximum absolute atomic E-state index is 12.1. The van der Waals surface area contributed by atoms with E-state index in [2.05, 4.69) is 26.3 Å². The van der Waals surface area contributed by atoms with E-state index in [4.69, 9.17) is 9.47 Å². The van der Waals surface area contributed by atoms with Gasteiger partial charge in [-0.1, -0.05) is 30.3 Å². The van der Waals surface area contributed by atoms with Crippen LogP contribution in [0.3, 0.4) is 0 Å². The maximum Gasteiger partial charge on any atom is 0.323 e. The number of hydrogen-bond donors (Lipinski definition) is 4. The van der Waals surface area contributed by atoms with E-state index in [-0.39, 0.29) is 12.2 Å². The summed E-state index contributed by atoms with van der Waals surface area (Å²) in [5.41, 5.74) is 4.57. The lowest BCUT2D eigenvalue weighted by atomic mass is 10.1. The first-order valence-electron chi connectivity index (χ1n) is 10.7. The fraction of sp³-hybridized carbons (Fsp3) is 0.200. The molecule has 0 saturated carbocycles. The van der Waals surface area contributed by atoms with Crippen molar-refractivity contribution in [3.63, 3.8) is 0 Å².